The first-order valence-electron chi connectivity index (χ1n) is 5.39. The molecule has 18 heavy (non-hydrogen) atoms. The summed E-state index contributed by atoms with van der Waals surface area (Å²) < 4.78 is 17.4. The smallest absolute Gasteiger partial charge is 0.311 e. The minimum Gasteiger partial charge on any atom is -0.469 e. The highest BCUT2D eigenvalue weighted by molar-refractivity contribution is 7.15. The van der Waals surface area contributed by atoms with Crippen molar-refractivity contribution < 1.29 is 13.9 Å². The topological polar surface area (TPSA) is 39.2 Å². The maximum atomic E-state index is 12.8. The Morgan fingerprint density at radius 3 is 2.67 bits per heavy atom. The molecule has 2 rings (SSSR count). The number of carbonyl (C=O) groups is 1. The molecule has 0 atom stereocenters. The lowest BCUT2D eigenvalue weighted by atomic mass is 10.2. The van der Waals surface area contributed by atoms with Gasteiger partial charge in [-0.1, -0.05) is 0 Å². The summed E-state index contributed by atoms with van der Waals surface area (Å²) in [5.74, 6) is -0.587. The van der Waals surface area contributed by atoms with Gasteiger partial charge in [-0.25, -0.2) is 9.37 Å². The van der Waals surface area contributed by atoms with E-state index in [1.165, 1.54) is 30.6 Å². The zero-order chi connectivity index (χ0) is 13.1. The van der Waals surface area contributed by atoms with Gasteiger partial charge in [0.05, 0.1) is 19.2 Å². The third-order valence-electron chi connectivity index (χ3n) is 2.52. The third kappa shape index (κ3) is 2.73. The van der Waals surface area contributed by atoms with Gasteiger partial charge < -0.3 is 4.74 Å². The number of nitrogens with zero attached hydrogens (tertiary/aromatic N) is 1. The number of hydrogen-bond acceptors (Lipinski definition) is 4. The predicted molar refractivity (Wildman–Crippen MR) is 68.0 cm³/mol. The fourth-order valence-corrected chi connectivity index (χ4v) is 2.45. The molecule has 0 amide bonds. The highest BCUT2D eigenvalue weighted by Gasteiger charge is 2.13. The van der Waals surface area contributed by atoms with Gasteiger partial charge in [-0.05, 0) is 31.2 Å². The highest BCUT2D eigenvalue weighted by atomic mass is 32.1. The Morgan fingerprint density at radius 2 is 2.06 bits per heavy atom. The van der Waals surface area contributed by atoms with E-state index in [0.29, 0.717) is 5.69 Å². The van der Waals surface area contributed by atoms with Crippen LogP contribution in [-0.2, 0) is 16.0 Å². The van der Waals surface area contributed by atoms with E-state index >= 15 is 0 Å². The van der Waals surface area contributed by atoms with Crippen LogP contribution in [0.2, 0.25) is 0 Å². The number of rotatable bonds is 3. The van der Waals surface area contributed by atoms with Gasteiger partial charge in [0.2, 0.25) is 0 Å². The van der Waals surface area contributed by atoms with E-state index in [-0.39, 0.29) is 18.2 Å². The summed E-state index contributed by atoms with van der Waals surface area (Å²) >= 11 is 1.48. The first kappa shape index (κ1) is 12.7. The lowest BCUT2D eigenvalue weighted by molar-refractivity contribution is -0.139. The Hall–Kier alpha value is -1.75. The first-order valence-corrected chi connectivity index (χ1v) is 6.21. The van der Waals surface area contributed by atoms with Crippen molar-refractivity contribution in [1.29, 1.82) is 0 Å². The third-order valence-corrected chi connectivity index (χ3v) is 3.59. The Labute approximate surface area is 108 Å². The maximum absolute atomic E-state index is 12.8. The van der Waals surface area contributed by atoms with Gasteiger partial charge in [0, 0.05) is 10.4 Å². The van der Waals surface area contributed by atoms with Gasteiger partial charge in [0.1, 0.15) is 10.8 Å². The summed E-state index contributed by atoms with van der Waals surface area (Å²) in [7, 11) is 1.35. The number of benzene rings is 1. The molecule has 0 unspecified atom stereocenters. The van der Waals surface area contributed by atoms with E-state index in [9.17, 15) is 9.18 Å². The number of aromatic nitrogens is 1. The molecule has 94 valence electrons. The number of carbonyl (C=O) groups excluding carboxylic acids is 1. The van der Waals surface area contributed by atoms with Crippen molar-refractivity contribution in [2.75, 3.05) is 7.11 Å². The number of esters is 1. The van der Waals surface area contributed by atoms with Crippen LogP contribution in [0, 0.1) is 12.7 Å². The molecule has 0 bridgehead atoms. The van der Waals surface area contributed by atoms with Gasteiger partial charge >= 0.3 is 5.97 Å². The standard InChI is InChI=1S/C13H12FNO2S/c1-8-11(7-12(16)17-2)15-13(18-8)9-3-5-10(14)6-4-9/h3-6H,7H2,1-2H3. The molecule has 0 spiro atoms. The second-order valence-corrected chi connectivity index (χ2v) is 4.98. The van der Waals surface area contributed by atoms with Crippen LogP contribution in [0.4, 0.5) is 4.39 Å². The molecule has 0 aliphatic rings. The average molecular weight is 265 g/mol. The molecule has 5 heteroatoms. The van der Waals surface area contributed by atoms with Crippen molar-refractivity contribution in [1.82, 2.24) is 4.98 Å². The first-order chi connectivity index (χ1) is 8.60. The second kappa shape index (κ2) is 5.27. The molecule has 3 nitrogen and oxygen atoms in total. The molecule has 1 aromatic heterocycles. The summed E-state index contributed by atoms with van der Waals surface area (Å²) in [6.07, 6.45) is 0.167. The van der Waals surface area contributed by atoms with E-state index in [0.717, 1.165) is 15.4 Å². The van der Waals surface area contributed by atoms with E-state index in [1.807, 2.05) is 6.92 Å². The minimum atomic E-state index is -0.311. The number of halogens is 1. The Balaban J connectivity index is 2.28. The number of hydrogen-bond donors (Lipinski definition) is 0. The van der Waals surface area contributed by atoms with Crippen LogP contribution in [0.5, 0.6) is 0 Å². The molecule has 0 aliphatic heterocycles. The zero-order valence-electron chi connectivity index (χ0n) is 10.1. The Morgan fingerprint density at radius 1 is 1.39 bits per heavy atom. The normalized spacial score (nSPS) is 10.4. The highest BCUT2D eigenvalue weighted by Crippen LogP contribution is 2.28. The Bertz CT molecular complexity index is 563. The summed E-state index contributed by atoms with van der Waals surface area (Å²) in [5.41, 5.74) is 1.56. The summed E-state index contributed by atoms with van der Waals surface area (Å²) in [6.45, 7) is 1.91. The van der Waals surface area contributed by atoms with Crippen LogP contribution in [-0.4, -0.2) is 18.1 Å². The molecule has 0 saturated carbocycles. The van der Waals surface area contributed by atoms with Gasteiger partial charge in [0.15, 0.2) is 0 Å². The van der Waals surface area contributed by atoms with Crippen LogP contribution >= 0.6 is 11.3 Å². The lowest BCUT2D eigenvalue weighted by Gasteiger charge is -1.96. The SMILES string of the molecule is COC(=O)Cc1nc(-c2ccc(F)cc2)sc1C. The van der Waals surface area contributed by atoms with Gasteiger partial charge in [-0.15, -0.1) is 11.3 Å². The van der Waals surface area contributed by atoms with E-state index < -0.39 is 0 Å². The van der Waals surface area contributed by atoms with E-state index in [1.54, 1.807) is 12.1 Å². The Kier molecular flexibility index (Phi) is 3.72. The molecule has 0 fully saturated rings. The molecule has 0 N–H and O–H groups in total. The van der Waals surface area contributed by atoms with Gasteiger partial charge in [-0.3, -0.25) is 4.79 Å². The van der Waals surface area contributed by atoms with Crippen LogP contribution in [0.3, 0.4) is 0 Å². The van der Waals surface area contributed by atoms with Crippen LogP contribution < -0.4 is 0 Å². The minimum absolute atomic E-state index is 0.167. The van der Waals surface area contributed by atoms with Crippen molar-refractivity contribution in [2.45, 2.75) is 13.3 Å². The zero-order valence-corrected chi connectivity index (χ0v) is 10.9. The molecule has 2 aromatic rings. The molecule has 0 saturated heterocycles. The van der Waals surface area contributed by atoms with Crippen molar-refractivity contribution >= 4 is 17.3 Å². The number of ether oxygens (including phenoxy) is 1. The quantitative estimate of drug-likeness (QED) is 0.801. The fourth-order valence-electron chi connectivity index (χ4n) is 1.52. The molecule has 1 heterocycles. The number of thiazole rings is 1. The second-order valence-electron chi connectivity index (χ2n) is 3.78. The fraction of sp³-hybridized carbons (Fsp3) is 0.231. The van der Waals surface area contributed by atoms with Crippen molar-refractivity contribution in [3.8, 4) is 10.6 Å². The summed E-state index contributed by atoms with van der Waals surface area (Å²) in [5, 5.41) is 0.784. The molecule has 0 radical (unpaired) electrons. The van der Waals surface area contributed by atoms with Crippen LogP contribution in [0.15, 0.2) is 24.3 Å². The molecular formula is C13H12FNO2S. The van der Waals surface area contributed by atoms with Crippen molar-refractivity contribution in [2.24, 2.45) is 0 Å². The van der Waals surface area contributed by atoms with Crippen LogP contribution in [0.25, 0.3) is 10.6 Å². The van der Waals surface area contributed by atoms with E-state index in [2.05, 4.69) is 9.72 Å². The van der Waals surface area contributed by atoms with E-state index in [4.69, 9.17) is 0 Å². The monoisotopic (exact) mass is 265 g/mol. The van der Waals surface area contributed by atoms with Crippen molar-refractivity contribution in [3.05, 3.63) is 40.7 Å². The average Bonchev–Trinajstić information content (AvgIpc) is 2.71. The van der Waals surface area contributed by atoms with Gasteiger partial charge in [0.25, 0.3) is 0 Å². The largest absolute Gasteiger partial charge is 0.469 e. The number of methoxy groups -OCH3 is 1. The predicted octanol–water partition coefficient (Wildman–Crippen LogP) is 2.97. The molecule has 0 aliphatic carbocycles. The van der Waals surface area contributed by atoms with Crippen LogP contribution in [0.1, 0.15) is 10.6 Å². The number of aryl methyl sites for hydroxylation is 1. The lowest BCUT2D eigenvalue weighted by Crippen LogP contribution is -2.05. The molecular weight excluding hydrogens is 253 g/mol. The van der Waals surface area contributed by atoms with Crippen molar-refractivity contribution in [3.63, 3.8) is 0 Å². The maximum Gasteiger partial charge on any atom is 0.311 e. The molecule has 1 aromatic carbocycles. The summed E-state index contributed by atoms with van der Waals surface area (Å²) in [6, 6.07) is 6.14. The van der Waals surface area contributed by atoms with Gasteiger partial charge in [-0.2, -0.15) is 0 Å². The summed E-state index contributed by atoms with van der Waals surface area (Å²) in [4.78, 5) is 16.6.